The van der Waals surface area contributed by atoms with Crippen molar-refractivity contribution in [3.63, 3.8) is 0 Å². The van der Waals surface area contributed by atoms with Crippen LogP contribution in [0.1, 0.15) is 27.7 Å². The Morgan fingerprint density at radius 1 is 0.545 bits per heavy atom. The SMILES string of the molecule is CC1(C)OB(c2ccc3c(c2)nc(-c2ccc(-c4ccc(F)cc4)cc2)c2c4ccccc4c4ccccc4c32)OC1(C)C. The number of nitrogens with zero attached hydrogens (tertiary/aromatic N) is 1. The maximum absolute atomic E-state index is 13.6. The largest absolute Gasteiger partial charge is 0.494 e. The molecule has 8 rings (SSSR count). The smallest absolute Gasteiger partial charge is 0.399 e. The lowest BCUT2D eigenvalue weighted by molar-refractivity contribution is 0.00578. The average Bonchev–Trinajstić information content (AvgIpc) is 3.26. The average molecular weight is 575 g/mol. The van der Waals surface area contributed by atoms with Gasteiger partial charge in [0.2, 0.25) is 0 Å². The molecule has 0 N–H and O–H groups in total. The summed E-state index contributed by atoms with van der Waals surface area (Å²) in [6.45, 7) is 8.30. The van der Waals surface area contributed by atoms with Crippen molar-refractivity contribution in [1.82, 2.24) is 4.98 Å². The third kappa shape index (κ3) is 4.15. The summed E-state index contributed by atoms with van der Waals surface area (Å²) in [6, 6.07) is 38.7. The van der Waals surface area contributed by atoms with E-state index in [1.165, 1.54) is 39.1 Å². The fraction of sp³-hybridized carbons (Fsp3) is 0.154. The molecule has 0 unspecified atom stereocenters. The highest BCUT2D eigenvalue weighted by atomic mass is 19.1. The Labute approximate surface area is 256 Å². The van der Waals surface area contributed by atoms with Crippen molar-refractivity contribution in [2.75, 3.05) is 0 Å². The van der Waals surface area contributed by atoms with Crippen molar-refractivity contribution in [2.45, 2.75) is 38.9 Å². The second-order valence-electron chi connectivity index (χ2n) is 12.8. The minimum absolute atomic E-state index is 0.240. The molecule has 0 spiro atoms. The molecule has 2 heterocycles. The summed E-state index contributed by atoms with van der Waals surface area (Å²) in [4.78, 5) is 5.39. The maximum atomic E-state index is 13.6. The van der Waals surface area contributed by atoms with Crippen molar-refractivity contribution in [3.05, 3.63) is 121 Å². The quantitative estimate of drug-likeness (QED) is 0.155. The van der Waals surface area contributed by atoms with E-state index >= 15 is 0 Å². The Morgan fingerprint density at radius 3 is 1.64 bits per heavy atom. The fourth-order valence-electron chi connectivity index (χ4n) is 6.49. The summed E-state index contributed by atoms with van der Waals surface area (Å²) in [5, 5.41) is 8.19. The van der Waals surface area contributed by atoms with Gasteiger partial charge in [-0.3, -0.25) is 0 Å². The van der Waals surface area contributed by atoms with Gasteiger partial charge < -0.3 is 9.31 Å². The van der Waals surface area contributed by atoms with Gasteiger partial charge in [0, 0.05) is 21.7 Å². The van der Waals surface area contributed by atoms with Gasteiger partial charge in [0.15, 0.2) is 0 Å². The first-order valence-corrected chi connectivity index (χ1v) is 15.1. The predicted octanol–water partition coefficient (Wildman–Crippen LogP) is 9.47. The fourth-order valence-corrected chi connectivity index (χ4v) is 6.49. The number of fused-ring (bicyclic) bond motifs is 8. The van der Waals surface area contributed by atoms with Crippen LogP contribution in [-0.4, -0.2) is 23.3 Å². The number of pyridine rings is 1. The van der Waals surface area contributed by atoms with Crippen molar-refractivity contribution in [1.29, 1.82) is 0 Å². The van der Waals surface area contributed by atoms with Crippen LogP contribution >= 0.6 is 0 Å². The summed E-state index contributed by atoms with van der Waals surface area (Å²) < 4.78 is 26.4. The molecule has 1 aromatic heterocycles. The zero-order chi connectivity index (χ0) is 30.2. The molecule has 0 saturated carbocycles. The lowest BCUT2D eigenvalue weighted by Gasteiger charge is -2.32. The third-order valence-corrected chi connectivity index (χ3v) is 9.55. The first-order chi connectivity index (χ1) is 21.2. The topological polar surface area (TPSA) is 31.4 Å². The highest BCUT2D eigenvalue weighted by Crippen LogP contribution is 2.43. The van der Waals surface area contributed by atoms with E-state index < -0.39 is 18.3 Å². The number of hydrogen-bond acceptors (Lipinski definition) is 3. The maximum Gasteiger partial charge on any atom is 0.494 e. The summed E-state index contributed by atoms with van der Waals surface area (Å²) >= 11 is 0. The van der Waals surface area contributed by atoms with Crippen LogP contribution < -0.4 is 5.46 Å². The van der Waals surface area contributed by atoms with Gasteiger partial charge in [0.05, 0.1) is 22.4 Å². The Balaban J connectivity index is 1.41. The molecule has 3 nitrogen and oxygen atoms in total. The van der Waals surface area contributed by atoms with E-state index in [4.69, 9.17) is 14.3 Å². The van der Waals surface area contributed by atoms with E-state index in [9.17, 15) is 4.39 Å². The zero-order valence-electron chi connectivity index (χ0n) is 25.2. The molecule has 1 fully saturated rings. The van der Waals surface area contributed by atoms with Gasteiger partial charge in [0.25, 0.3) is 0 Å². The van der Waals surface area contributed by atoms with Crippen LogP contribution in [0, 0.1) is 5.82 Å². The molecule has 44 heavy (non-hydrogen) atoms. The number of benzene rings is 6. The van der Waals surface area contributed by atoms with Crippen LogP contribution in [0.5, 0.6) is 0 Å². The lowest BCUT2D eigenvalue weighted by Crippen LogP contribution is -2.41. The molecular weight excluding hydrogens is 544 g/mol. The molecule has 7 aromatic rings. The summed E-state index contributed by atoms with van der Waals surface area (Å²) in [5.41, 5.74) is 4.91. The summed E-state index contributed by atoms with van der Waals surface area (Å²) in [5.74, 6) is -0.240. The van der Waals surface area contributed by atoms with Gasteiger partial charge in [-0.1, -0.05) is 97.1 Å². The third-order valence-electron chi connectivity index (χ3n) is 9.55. The lowest BCUT2D eigenvalue weighted by atomic mass is 9.78. The van der Waals surface area contributed by atoms with Crippen molar-refractivity contribution in [3.8, 4) is 22.4 Å². The number of aromatic nitrogens is 1. The highest BCUT2D eigenvalue weighted by Gasteiger charge is 2.51. The monoisotopic (exact) mass is 575 g/mol. The molecule has 6 aromatic carbocycles. The highest BCUT2D eigenvalue weighted by molar-refractivity contribution is 6.62. The normalized spacial score (nSPS) is 16.0. The van der Waals surface area contributed by atoms with Crippen LogP contribution in [0.2, 0.25) is 0 Å². The minimum Gasteiger partial charge on any atom is -0.399 e. The summed E-state index contributed by atoms with van der Waals surface area (Å²) in [6.07, 6.45) is 0. The first kappa shape index (κ1) is 27.0. The Kier molecular flexibility index (Phi) is 5.96. The van der Waals surface area contributed by atoms with Crippen LogP contribution in [0.3, 0.4) is 0 Å². The van der Waals surface area contributed by atoms with Gasteiger partial charge >= 0.3 is 7.12 Å². The molecule has 1 saturated heterocycles. The zero-order valence-corrected chi connectivity index (χ0v) is 25.2. The van der Waals surface area contributed by atoms with Crippen molar-refractivity contribution in [2.24, 2.45) is 0 Å². The second-order valence-corrected chi connectivity index (χ2v) is 12.8. The molecule has 214 valence electrons. The van der Waals surface area contributed by atoms with E-state index in [-0.39, 0.29) is 5.82 Å². The molecular formula is C39H31BFNO2. The molecule has 0 aliphatic carbocycles. The minimum atomic E-state index is -0.478. The van der Waals surface area contributed by atoms with Gasteiger partial charge in [-0.15, -0.1) is 0 Å². The van der Waals surface area contributed by atoms with E-state index in [2.05, 4.69) is 119 Å². The van der Waals surface area contributed by atoms with E-state index in [0.29, 0.717) is 0 Å². The Morgan fingerprint density at radius 2 is 1.05 bits per heavy atom. The Hall–Kier alpha value is -4.58. The Bertz CT molecular complexity index is 2230. The molecule has 1 aliphatic rings. The van der Waals surface area contributed by atoms with E-state index in [1.807, 2.05) is 12.1 Å². The van der Waals surface area contributed by atoms with Crippen molar-refractivity contribution >= 4 is 55.8 Å². The van der Waals surface area contributed by atoms with Gasteiger partial charge in [-0.2, -0.15) is 0 Å². The van der Waals surface area contributed by atoms with Gasteiger partial charge in [-0.05, 0) is 84.0 Å². The first-order valence-electron chi connectivity index (χ1n) is 15.1. The number of rotatable bonds is 3. The summed E-state index contributed by atoms with van der Waals surface area (Å²) in [7, 11) is -0.478. The van der Waals surface area contributed by atoms with Crippen LogP contribution in [0.25, 0.3) is 65.6 Å². The van der Waals surface area contributed by atoms with E-state index in [0.717, 1.165) is 44.1 Å². The molecule has 0 radical (unpaired) electrons. The molecule has 5 heteroatoms. The number of hydrogen-bond donors (Lipinski definition) is 0. The van der Waals surface area contributed by atoms with Crippen LogP contribution in [0.15, 0.2) is 115 Å². The molecule has 1 aliphatic heterocycles. The predicted molar refractivity (Wildman–Crippen MR) is 181 cm³/mol. The second kappa shape index (κ2) is 9.72. The van der Waals surface area contributed by atoms with Gasteiger partial charge in [-0.25, -0.2) is 9.37 Å². The molecule has 0 atom stereocenters. The van der Waals surface area contributed by atoms with Crippen molar-refractivity contribution < 1.29 is 13.7 Å². The molecule has 0 bridgehead atoms. The molecule has 0 amide bonds. The number of halogens is 1. The standard InChI is InChI=1S/C39H31BFNO2/c1-38(2)39(3,4)44-40(43-38)27-19-22-33-34(23-27)42-37(26-15-13-24(14-16-26)25-17-20-28(41)21-18-25)36-32-12-8-6-10-30(32)29-9-5-7-11-31(29)35(33)36/h5-23H,1-4H3. The van der Waals surface area contributed by atoms with E-state index in [1.54, 1.807) is 0 Å². The van der Waals surface area contributed by atoms with Crippen LogP contribution in [0.4, 0.5) is 4.39 Å². The van der Waals surface area contributed by atoms with Crippen LogP contribution in [-0.2, 0) is 9.31 Å². The van der Waals surface area contributed by atoms with Gasteiger partial charge in [0.1, 0.15) is 5.82 Å².